The van der Waals surface area contributed by atoms with Crippen LogP contribution in [-0.4, -0.2) is 5.11 Å². The zero-order chi connectivity index (χ0) is 14.2. The summed E-state index contributed by atoms with van der Waals surface area (Å²) in [5.74, 6) is -0.486. The first-order chi connectivity index (χ1) is 8.90. The van der Waals surface area contributed by atoms with Crippen molar-refractivity contribution >= 4 is 43.5 Å². The summed E-state index contributed by atoms with van der Waals surface area (Å²) in [7, 11) is 0. The Hall–Kier alpha value is -0.420. The Kier molecular flexibility index (Phi) is 4.66. The number of hydrogen-bond donors (Lipinski definition) is 1. The van der Waals surface area contributed by atoms with Crippen LogP contribution in [0, 0.1) is 12.7 Å². The fourth-order valence-corrected chi connectivity index (χ4v) is 2.98. The van der Waals surface area contributed by atoms with Gasteiger partial charge in [0, 0.05) is 25.1 Å². The lowest BCUT2D eigenvalue weighted by atomic mass is 10.00. The Labute approximate surface area is 132 Å². The van der Waals surface area contributed by atoms with Crippen molar-refractivity contribution in [2.75, 3.05) is 0 Å². The van der Waals surface area contributed by atoms with Crippen molar-refractivity contribution in [3.8, 4) is 0 Å². The molecular formula is C14H10Br2ClFO. The van der Waals surface area contributed by atoms with Gasteiger partial charge in [0.2, 0.25) is 0 Å². The Balaban J connectivity index is 2.52. The van der Waals surface area contributed by atoms with Crippen molar-refractivity contribution in [2.45, 2.75) is 13.0 Å². The molecule has 1 N–H and O–H groups in total. The third-order valence-corrected chi connectivity index (χ3v) is 4.60. The van der Waals surface area contributed by atoms with Crippen molar-refractivity contribution < 1.29 is 9.50 Å². The molecule has 0 bridgehead atoms. The van der Waals surface area contributed by atoms with Gasteiger partial charge >= 0.3 is 0 Å². The van der Waals surface area contributed by atoms with Crippen LogP contribution in [0.2, 0.25) is 5.02 Å². The van der Waals surface area contributed by atoms with Crippen molar-refractivity contribution in [2.24, 2.45) is 0 Å². The molecule has 0 saturated heterocycles. The van der Waals surface area contributed by atoms with Gasteiger partial charge in [0.15, 0.2) is 0 Å². The second kappa shape index (κ2) is 5.92. The first-order valence-electron chi connectivity index (χ1n) is 5.48. The van der Waals surface area contributed by atoms with Crippen LogP contribution in [-0.2, 0) is 0 Å². The number of hydrogen-bond acceptors (Lipinski definition) is 1. The number of benzene rings is 2. The SMILES string of the molecule is Cc1cc(Br)c(C(O)c2cc(Cl)ccc2F)cc1Br. The van der Waals surface area contributed by atoms with Crippen molar-refractivity contribution in [3.05, 3.63) is 66.8 Å². The lowest BCUT2D eigenvalue weighted by Gasteiger charge is -2.16. The van der Waals surface area contributed by atoms with Crippen LogP contribution in [0.5, 0.6) is 0 Å². The van der Waals surface area contributed by atoms with Crippen LogP contribution in [0.15, 0.2) is 39.3 Å². The number of aryl methyl sites for hydroxylation is 1. The van der Waals surface area contributed by atoms with Crippen LogP contribution in [0.4, 0.5) is 4.39 Å². The zero-order valence-electron chi connectivity index (χ0n) is 9.92. The quantitative estimate of drug-likeness (QED) is 0.706. The normalized spacial score (nSPS) is 12.5. The summed E-state index contributed by atoms with van der Waals surface area (Å²) >= 11 is 12.6. The highest BCUT2D eigenvalue weighted by molar-refractivity contribution is 9.11. The zero-order valence-corrected chi connectivity index (χ0v) is 13.9. The standard InChI is InChI=1S/C14H10Br2ClFO/c1-7-4-12(16)9(6-11(7)15)14(19)10-5-8(17)2-3-13(10)18/h2-6,14,19H,1H3. The van der Waals surface area contributed by atoms with Gasteiger partial charge in [-0.2, -0.15) is 0 Å². The smallest absolute Gasteiger partial charge is 0.129 e. The molecule has 0 heterocycles. The maximum absolute atomic E-state index is 13.8. The predicted octanol–water partition coefficient (Wildman–Crippen LogP) is 5.39. The molecule has 0 aliphatic rings. The summed E-state index contributed by atoms with van der Waals surface area (Å²) in [6.45, 7) is 1.94. The van der Waals surface area contributed by atoms with E-state index in [1.165, 1.54) is 18.2 Å². The highest BCUT2D eigenvalue weighted by atomic mass is 79.9. The molecule has 1 unspecified atom stereocenters. The molecule has 0 spiro atoms. The van der Waals surface area contributed by atoms with Crippen LogP contribution in [0.1, 0.15) is 22.8 Å². The summed E-state index contributed by atoms with van der Waals surface area (Å²) in [6, 6.07) is 7.77. The summed E-state index contributed by atoms with van der Waals surface area (Å²) in [5, 5.41) is 10.7. The van der Waals surface area contributed by atoms with Crippen molar-refractivity contribution in [1.29, 1.82) is 0 Å². The van der Waals surface area contributed by atoms with Gasteiger partial charge in [-0.05, 0) is 42.8 Å². The number of rotatable bonds is 2. The van der Waals surface area contributed by atoms with Gasteiger partial charge in [-0.1, -0.05) is 43.5 Å². The first kappa shape index (κ1) is 15.0. The first-order valence-corrected chi connectivity index (χ1v) is 7.45. The van der Waals surface area contributed by atoms with E-state index in [1.807, 2.05) is 13.0 Å². The fraction of sp³-hybridized carbons (Fsp3) is 0.143. The summed E-state index contributed by atoms with van der Waals surface area (Å²) in [4.78, 5) is 0. The van der Waals surface area contributed by atoms with Gasteiger partial charge < -0.3 is 5.11 Å². The van der Waals surface area contributed by atoms with Gasteiger partial charge in [-0.25, -0.2) is 4.39 Å². The van der Waals surface area contributed by atoms with E-state index in [0.717, 1.165) is 14.5 Å². The van der Waals surface area contributed by atoms with E-state index in [9.17, 15) is 9.50 Å². The van der Waals surface area contributed by atoms with Crippen molar-refractivity contribution in [1.82, 2.24) is 0 Å². The summed E-state index contributed by atoms with van der Waals surface area (Å²) in [5.41, 5.74) is 1.76. The molecule has 1 nitrogen and oxygen atoms in total. The van der Waals surface area contributed by atoms with Crippen molar-refractivity contribution in [3.63, 3.8) is 0 Å². The van der Waals surface area contributed by atoms with Crippen LogP contribution < -0.4 is 0 Å². The van der Waals surface area contributed by atoms with E-state index in [2.05, 4.69) is 31.9 Å². The monoisotopic (exact) mass is 406 g/mol. The Morgan fingerprint density at radius 2 is 1.79 bits per heavy atom. The molecule has 0 amide bonds. The molecule has 0 aliphatic carbocycles. The molecule has 2 aromatic rings. The van der Waals surface area contributed by atoms with Gasteiger partial charge in [0.05, 0.1) is 0 Å². The highest BCUT2D eigenvalue weighted by Crippen LogP contribution is 2.34. The van der Waals surface area contributed by atoms with Gasteiger partial charge in [0.25, 0.3) is 0 Å². The second-order valence-corrected chi connectivity index (χ2v) is 6.34. The molecule has 0 aromatic heterocycles. The van der Waals surface area contributed by atoms with Crippen LogP contribution in [0.3, 0.4) is 0 Å². The van der Waals surface area contributed by atoms with E-state index < -0.39 is 11.9 Å². The van der Waals surface area contributed by atoms with E-state index >= 15 is 0 Å². The maximum Gasteiger partial charge on any atom is 0.129 e. The Morgan fingerprint density at radius 1 is 1.11 bits per heavy atom. The summed E-state index contributed by atoms with van der Waals surface area (Å²) < 4.78 is 15.3. The molecule has 100 valence electrons. The van der Waals surface area contributed by atoms with E-state index in [-0.39, 0.29) is 5.56 Å². The molecule has 0 saturated carbocycles. The minimum atomic E-state index is -1.08. The third kappa shape index (κ3) is 3.19. The lowest BCUT2D eigenvalue weighted by molar-refractivity contribution is 0.214. The predicted molar refractivity (Wildman–Crippen MR) is 82.1 cm³/mol. The largest absolute Gasteiger partial charge is 0.384 e. The topological polar surface area (TPSA) is 20.2 Å². The molecular weight excluding hydrogens is 398 g/mol. The minimum absolute atomic E-state index is 0.156. The highest BCUT2D eigenvalue weighted by Gasteiger charge is 2.19. The Morgan fingerprint density at radius 3 is 2.47 bits per heavy atom. The molecule has 19 heavy (non-hydrogen) atoms. The Bertz CT molecular complexity index is 631. The molecule has 1 atom stereocenters. The molecule has 2 aromatic carbocycles. The van der Waals surface area contributed by atoms with Crippen LogP contribution >= 0.6 is 43.5 Å². The molecule has 0 aliphatic heterocycles. The molecule has 2 rings (SSSR count). The molecule has 0 fully saturated rings. The minimum Gasteiger partial charge on any atom is -0.384 e. The maximum atomic E-state index is 13.8. The lowest BCUT2D eigenvalue weighted by Crippen LogP contribution is -2.04. The fourth-order valence-electron chi connectivity index (χ4n) is 1.76. The van der Waals surface area contributed by atoms with E-state index in [1.54, 1.807) is 6.07 Å². The number of aliphatic hydroxyl groups is 1. The van der Waals surface area contributed by atoms with Gasteiger partial charge in [0.1, 0.15) is 11.9 Å². The van der Waals surface area contributed by atoms with Crippen LogP contribution in [0.25, 0.3) is 0 Å². The van der Waals surface area contributed by atoms with Gasteiger partial charge in [-0.3, -0.25) is 0 Å². The van der Waals surface area contributed by atoms with E-state index in [4.69, 9.17) is 11.6 Å². The van der Waals surface area contributed by atoms with Gasteiger partial charge in [-0.15, -0.1) is 0 Å². The third-order valence-electron chi connectivity index (χ3n) is 2.83. The number of aliphatic hydroxyl groups excluding tert-OH is 1. The molecule has 5 heteroatoms. The van der Waals surface area contributed by atoms with E-state index in [0.29, 0.717) is 10.6 Å². The number of halogens is 4. The summed E-state index contributed by atoms with van der Waals surface area (Å²) in [6.07, 6.45) is -1.08. The average molecular weight is 408 g/mol. The second-order valence-electron chi connectivity index (χ2n) is 4.19. The average Bonchev–Trinajstić information content (AvgIpc) is 2.36. The molecule has 0 radical (unpaired) electrons.